The third kappa shape index (κ3) is 2.41. The molecule has 2 aromatic carbocycles. The molecular formula is C23H20O7. The van der Waals surface area contributed by atoms with E-state index in [2.05, 4.69) is 0 Å². The maximum Gasteiger partial charge on any atom is 0.205 e. The average Bonchev–Trinajstić information content (AvgIpc) is 2.65. The topological polar surface area (TPSA) is 109 Å². The Kier molecular flexibility index (Phi) is 3.38. The van der Waals surface area contributed by atoms with Gasteiger partial charge in [0, 0.05) is 11.6 Å². The molecule has 3 N–H and O–H groups in total. The molecule has 0 fully saturated rings. The lowest BCUT2D eigenvalue weighted by molar-refractivity contribution is 0.152. The summed E-state index contributed by atoms with van der Waals surface area (Å²) < 4.78 is 17.4. The van der Waals surface area contributed by atoms with E-state index in [1.54, 1.807) is 38.2 Å². The highest BCUT2D eigenvalue weighted by atomic mass is 16.5. The molecule has 0 aliphatic carbocycles. The van der Waals surface area contributed by atoms with Crippen LogP contribution in [0.5, 0.6) is 28.7 Å². The first-order valence-corrected chi connectivity index (χ1v) is 9.50. The van der Waals surface area contributed by atoms with Crippen molar-refractivity contribution in [3.63, 3.8) is 0 Å². The zero-order valence-corrected chi connectivity index (χ0v) is 16.9. The van der Waals surface area contributed by atoms with Crippen molar-refractivity contribution in [2.24, 2.45) is 0 Å². The minimum absolute atomic E-state index is 0.0298. The van der Waals surface area contributed by atoms with Crippen LogP contribution in [0.1, 0.15) is 38.8 Å². The Balaban J connectivity index is 1.94. The van der Waals surface area contributed by atoms with Crippen LogP contribution in [-0.2, 0) is 0 Å². The number of benzene rings is 2. The number of phenols is 3. The standard InChI is InChI=1S/C23H20O7/c1-22(2)7-5-10-14-13(9-12(24)19(10)29-22)28-21-15(17(14)26)16(25)11-6-8-23(3,4)30-20(11)18(21)27/h5-9,24-25,27H,1-4H3. The Labute approximate surface area is 171 Å². The van der Waals surface area contributed by atoms with Gasteiger partial charge in [0.05, 0.1) is 10.9 Å². The maximum atomic E-state index is 13.5. The molecule has 0 atom stereocenters. The predicted octanol–water partition coefficient (Wildman–Crippen LogP) is 4.43. The first-order chi connectivity index (χ1) is 14.0. The summed E-state index contributed by atoms with van der Waals surface area (Å²) in [6, 6.07) is 1.27. The molecule has 0 bridgehead atoms. The van der Waals surface area contributed by atoms with Gasteiger partial charge in [-0.15, -0.1) is 0 Å². The van der Waals surface area contributed by atoms with Crippen molar-refractivity contribution in [3.8, 4) is 28.7 Å². The fourth-order valence-corrected chi connectivity index (χ4v) is 3.89. The quantitative estimate of drug-likeness (QED) is 0.373. The van der Waals surface area contributed by atoms with E-state index in [1.807, 2.05) is 13.8 Å². The van der Waals surface area contributed by atoms with E-state index in [9.17, 15) is 20.1 Å². The van der Waals surface area contributed by atoms with Gasteiger partial charge in [-0.2, -0.15) is 0 Å². The van der Waals surface area contributed by atoms with Crippen LogP contribution in [0.15, 0.2) is 27.4 Å². The highest BCUT2D eigenvalue weighted by Crippen LogP contribution is 2.49. The highest BCUT2D eigenvalue weighted by Gasteiger charge is 2.33. The number of phenolic OH excluding ortho intramolecular Hbond substituents is 3. The van der Waals surface area contributed by atoms with Crippen LogP contribution < -0.4 is 14.9 Å². The summed E-state index contributed by atoms with van der Waals surface area (Å²) in [6.07, 6.45) is 6.78. The van der Waals surface area contributed by atoms with E-state index in [0.717, 1.165) is 0 Å². The van der Waals surface area contributed by atoms with Gasteiger partial charge in [0.25, 0.3) is 0 Å². The predicted molar refractivity (Wildman–Crippen MR) is 112 cm³/mol. The lowest BCUT2D eigenvalue weighted by Crippen LogP contribution is -2.28. The zero-order valence-electron chi connectivity index (χ0n) is 16.9. The van der Waals surface area contributed by atoms with Crippen molar-refractivity contribution in [1.82, 2.24) is 0 Å². The summed E-state index contributed by atoms with van der Waals surface area (Å²) in [5.41, 5.74) is -1.54. The van der Waals surface area contributed by atoms with Gasteiger partial charge in [-0.25, -0.2) is 0 Å². The normalized spacial score (nSPS) is 18.0. The fraction of sp³-hybridized carbons (Fsp3) is 0.261. The first-order valence-electron chi connectivity index (χ1n) is 9.50. The molecule has 7 heteroatoms. The molecule has 7 nitrogen and oxygen atoms in total. The molecule has 30 heavy (non-hydrogen) atoms. The molecule has 0 unspecified atom stereocenters. The number of rotatable bonds is 0. The smallest absolute Gasteiger partial charge is 0.205 e. The van der Waals surface area contributed by atoms with Crippen LogP contribution in [0.2, 0.25) is 0 Å². The molecule has 0 spiro atoms. The number of hydrogen-bond acceptors (Lipinski definition) is 7. The summed E-state index contributed by atoms with van der Waals surface area (Å²) in [4.78, 5) is 13.5. The van der Waals surface area contributed by atoms with Crippen LogP contribution in [0.4, 0.5) is 0 Å². The van der Waals surface area contributed by atoms with Gasteiger partial charge in [-0.1, -0.05) is 6.08 Å². The molecule has 2 aliphatic heterocycles. The summed E-state index contributed by atoms with van der Waals surface area (Å²) in [5, 5.41) is 32.1. The van der Waals surface area contributed by atoms with E-state index in [4.69, 9.17) is 13.9 Å². The van der Waals surface area contributed by atoms with Crippen LogP contribution in [-0.4, -0.2) is 26.5 Å². The van der Waals surface area contributed by atoms with Crippen molar-refractivity contribution < 1.29 is 29.2 Å². The zero-order chi connectivity index (χ0) is 21.6. The lowest BCUT2D eigenvalue weighted by atomic mass is 9.96. The first kappa shape index (κ1) is 18.4. The van der Waals surface area contributed by atoms with E-state index in [0.29, 0.717) is 5.56 Å². The Morgan fingerprint density at radius 3 is 2.07 bits per heavy atom. The fourth-order valence-electron chi connectivity index (χ4n) is 3.89. The number of ether oxygens (including phenoxy) is 2. The molecule has 3 heterocycles. The molecule has 5 rings (SSSR count). The number of hydrogen-bond donors (Lipinski definition) is 3. The Morgan fingerprint density at radius 1 is 0.800 bits per heavy atom. The Morgan fingerprint density at radius 2 is 1.40 bits per heavy atom. The van der Waals surface area contributed by atoms with Crippen LogP contribution in [0, 0.1) is 0 Å². The molecular weight excluding hydrogens is 388 g/mol. The summed E-state index contributed by atoms with van der Waals surface area (Å²) in [7, 11) is 0. The minimum Gasteiger partial charge on any atom is -0.506 e. The van der Waals surface area contributed by atoms with Gasteiger partial charge in [-0.05, 0) is 45.9 Å². The van der Waals surface area contributed by atoms with Crippen LogP contribution >= 0.6 is 0 Å². The second-order valence-electron chi connectivity index (χ2n) is 8.66. The van der Waals surface area contributed by atoms with Crippen molar-refractivity contribution in [1.29, 1.82) is 0 Å². The van der Waals surface area contributed by atoms with Crippen molar-refractivity contribution >= 4 is 34.1 Å². The molecule has 0 saturated carbocycles. The molecule has 154 valence electrons. The Hall–Kier alpha value is -3.61. The SMILES string of the molecule is CC1(C)C=Cc2c(c(O)c3oc4cc(O)c5c(c4c(=O)c3c2O)C=CC(C)(C)O5)O1. The molecule has 0 amide bonds. The number of aromatic hydroxyl groups is 3. The molecule has 0 saturated heterocycles. The maximum absolute atomic E-state index is 13.5. The number of fused-ring (bicyclic) bond motifs is 5. The Bertz CT molecular complexity index is 1390. The largest absolute Gasteiger partial charge is 0.506 e. The minimum atomic E-state index is -0.714. The molecule has 0 radical (unpaired) electrons. The van der Waals surface area contributed by atoms with Gasteiger partial charge in [0.2, 0.25) is 11.2 Å². The average molecular weight is 408 g/mol. The van der Waals surface area contributed by atoms with Gasteiger partial charge in [0.15, 0.2) is 22.8 Å². The third-order valence-corrected chi connectivity index (χ3v) is 5.35. The highest BCUT2D eigenvalue weighted by molar-refractivity contribution is 6.04. The van der Waals surface area contributed by atoms with Crippen LogP contribution in [0.25, 0.3) is 34.1 Å². The molecule has 3 aromatic rings. The molecule has 1 aromatic heterocycles. The summed E-state index contributed by atoms with van der Waals surface area (Å²) in [6.45, 7) is 7.23. The second kappa shape index (κ2) is 5.50. The lowest BCUT2D eigenvalue weighted by Gasteiger charge is -2.29. The summed E-state index contributed by atoms with van der Waals surface area (Å²) in [5.74, 6) is -0.739. The third-order valence-electron chi connectivity index (χ3n) is 5.35. The monoisotopic (exact) mass is 408 g/mol. The van der Waals surface area contributed by atoms with E-state index in [-0.39, 0.29) is 56.2 Å². The van der Waals surface area contributed by atoms with E-state index >= 15 is 0 Å². The van der Waals surface area contributed by atoms with Gasteiger partial charge in [0.1, 0.15) is 27.9 Å². The van der Waals surface area contributed by atoms with E-state index in [1.165, 1.54) is 6.07 Å². The van der Waals surface area contributed by atoms with Gasteiger partial charge >= 0.3 is 0 Å². The van der Waals surface area contributed by atoms with Gasteiger partial charge < -0.3 is 29.2 Å². The van der Waals surface area contributed by atoms with E-state index < -0.39 is 16.6 Å². The van der Waals surface area contributed by atoms with Crippen molar-refractivity contribution in [2.75, 3.05) is 0 Å². The second-order valence-corrected chi connectivity index (χ2v) is 8.66. The van der Waals surface area contributed by atoms with Crippen molar-refractivity contribution in [3.05, 3.63) is 39.6 Å². The molecule has 2 aliphatic rings. The summed E-state index contributed by atoms with van der Waals surface area (Å²) >= 11 is 0. The van der Waals surface area contributed by atoms with Gasteiger partial charge in [-0.3, -0.25) is 4.79 Å². The van der Waals surface area contributed by atoms with Crippen molar-refractivity contribution in [2.45, 2.75) is 38.9 Å². The van der Waals surface area contributed by atoms with Crippen LogP contribution in [0.3, 0.4) is 0 Å².